The third-order valence-electron chi connectivity index (χ3n) is 6.78. The zero-order chi connectivity index (χ0) is 18.8. The van der Waals surface area contributed by atoms with Crippen molar-refractivity contribution in [3.05, 3.63) is 30.9 Å². The molecule has 1 saturated carbocycles. The fraction of sp³-hybridized carbons (Fsp3) is 0.636. The summed E-state index contributed by atoms with van der Waals surface area (Å²) in [6.45, 7) is 9.25. The van der Waals surface area contributed by atoms with Crippen LogP contribution < -0.4 is 10.2 Å². The minimum absolute atomic E-state index is 0.726. The summed E-state index contributed by atoms with van der Waals surface area (Å²) in [7, 11) is 0. The molecule has 5 rings (SSSR count). The Bertz CT molecular complexity index is 769. The van der Waals surface area contributed by atoms with Crippen molar-refractivity contribution >= 4 is 27.4 Å². The van der Waals surface area contributed by atoms with Crippen LogP contribution in [0, 0.1) is 6.67 Å². The maximum absolute atomic E-state index is 4.73. The Morgan fingerprint density at radius 1 is 1.00 bits per heavy atom. The Hall–Kier alpha value is -1.21. The second-order valence-electron chi connectivity index (χ2n) is 8.53. The average Bonchev–Trinajstić information content (AvgIpc) is 3.36. The van der Waals surface area contributed by atoms with E-state index in [1.165, 1.54) is 67.5 Å². The Balaban J connectivity index is 1.04. The molecule has 0 spiro atoms. The molecule has 1 aromatic heterocycles. The summed E-state index contributed by atoms with van der Waals surface area (Å²) in [6.07, 6.45) is 8.15. The van der Waals surface area contributed by atoms with Crippen LogP contribution in [0.1, 0.15) is 38.5 Å². The Morgan fingerprint density at radius 2 is 1.82 bits per heavy atom. The van der Waals surface area contributed by atoms with E-state index in [2.05, 4.69) is 51.0 Å². The van der Waals surface area contributed by atoms with Gasteiger partial charge in [-0.3, -0.25) is 15.1 Å². The zero-order valence-electron chi connectivity index (χ0n) is 16.7. The van der Waals surface area contributed by atoms with Crippen molar-refractivity contribution in [2.45, 2.75) is 50.6 Å². The van der Waals surface area contributed by atoms with E-state index in [4.69, 9.17) is 4.37 Å². The molecule has 1 aliphatic carbocycles. The highest BCUT2D eigenvalue weighted by Gasteiger charge is 2.35. The molecule has 151 valence electrons. The first kappa shape index (κ1) is 18.8. The third kappa shape index (κ3) is 3.92. The van der Waals surface area contributed by atoms with Gasteiger partial charge in [-0.15, -0.1) is 0 Å². The summed E-state index contributed by atoms with van der Waals surface area (Å²) in [5.74, 6) is 1.19. The minimum Gasteiger partial charge on any atom is -0.353 e. The number of hydrogen-bond donors (Lipinski definition) is 1. The molecule has 0 bridgehead atoms. The second-order valence-corrected chi connectivity index (χ2v) is 9.34. The van der Waals surface area contributed by atoms with Crippen molar-refractivity contribution in [1.29, 1.82) is 0 Å². The fourth-order valence-electron chi connectivity index (χ4n) is 5.13. The lowest BCUT2D eigenvalue weighted by Gasteiger charge is -2.35. The van der Waals surface area contributed by atoms with Crippen molar-refractivity contribution < 1.29 is 0 Å². The molecule has 1 radical (unpaired) electrons. The molecule has 5 nitrogen and oxygen atoms in total. The number of aromatic nitrogens is 1. The monoisotopic (exact) mass is 398 g/mol. The Kier molecular flexibility index (Phi) is 5.81. The molecule has 2 atom stereocenters. The molecule has 2 aliphatic heterocycles. The SMILES string of the molecule is [CH]1NC2CCCCC2N1CCCCN1CCN(c2nsc3ccccc23)CC1. The molecule has 2 saturated heterocycles. The summed E-state index contributed by atoms with van der Waals surface area (Å²) in [6, 6.07) is 10.1. The minimum atomic E-state index is 0.726. The van der Waals surface area contributed by atoms with Crippen LogP contribution in [-0.2, 0) is 0 Å². The van der Waals surface area contributed by atoms with E-state index in [0.29, 0.717) is 0 Å². The van der Waals surface area contributed by atoms with Crippen LogP contribution in [0.4, 0.5) is 5.82 Å². The van der Waals surface area contributed by atoms with Gasteiger partial charge in [-0.25, -0.2) is 0 Å². The summed E-state index contributed by atoms with van der Waals surface area (Å²) < 4.78 is 6.03. The van der Waals surface area contributed by atoms with Crippen molar-refractivity contribution in [3.63, 3.8) is 0 Å². The molecule has 3 fully saturated rings. The summed E-state index contributed by atoms with van der Waals surface area (Å²) in [5, 5.41) is 4.93. The maximum Gasteiger partial charge on any atom is 0.150 e. The van der Waals surface area contributed by atoms with E-state index < -0.39 is 0 Å². The molecule has 0 amide bonds. The van der Waals surface area contributed by atoms with E-state index >= 15 is 0 Å². The van der Waals surface area contributed by atoms with E-state index in [1.807, 2.05) is 0 Å². The van der Waals surface area contributed by atoms with Crippen LogP contribution in [0.2, 0.25) is 0 Å². The molecule has 28 heavy (non-hydrogen) atoms. The predicted octanol–water partition coefficient (Wildman–Crippen LogP) is 3.53. The highest BCUT2D eigenvalue weighted by Crippen LogP contribution is 2.30. The highest BCUT2D eigenvalue weighted by atomic mass is 32.1. The van der Waals surface area contributed by atoms with Crippen LogP contribution in [0.3, 0.4) is 0 Å². The van der Waals surface area contributed by atoms with Gasteiger partial charge in [-0.2, -0.15) is 4.37 Å². The molecule has 6 heteroatoms. The third-order valence-corrected chi connectivity index (χ3v) is 7.60. The van der Waals surface area contributed by atoms with Gasteiger partial charge in [0.15, 0.2) is 0 Å². The van der Waals surface area contributed by atoms with Gasteiger partial charge in [0, 0.05) is 50.2 Å². The molecular formula is C22H32N5S. The lowest BCUT2D eigenvalue weighted by Crippen LogP contribution is -2.46. The van der Waals surface area contributed by atoms with Crippen molar-refractivity contribution in [3.8, 4) is 0 Å². The molecule has 1 aromatic carbocycles. The average molecular weight is 399 g/mol. The topological polar surface area (TPSA) is 34.6 Å². The van der Waals surface area contributed by atoms with Crippen LogP contribution in [0.25, 0.3) is 10.1 Å². The van der Waals surface area contributed by atoms with Gasteiger partial charge >= 0.3 is 0 Å². The van der Waals surface area contributed by atoms with Crippen molar-refractivity contribution in [2.75, 3.05) is 44.2 Å². The van der Waals surface area contributed by atoms with E-state index in [0.717, 1.165) is 38.3 Å². The number of nitrogens with zero attached hydrogens (tertiary/aromatic N) is 4. The highest BCUT2D eigenvalue weighted by molar-refractivity contribution is 7.13. The number of benzene rings is 1. The quantitative estimate of drug-likeness (QED) is 0.753. The smallest absolute Gasteiger partial charge is 0.150 e. The first-order valence-electron chi connectivity index (χ1n) is 11.1. The van der Waals surface area contributed by atoms with E-state index in [-0.39, 0.29) is 0 Å². The number of hydrogen-bond acceptors (Lipinski definition) is 6. The predicted molar refractivity (Wildman–Crippen MR) is 118 cm³/mol. The van der Waals surface area contributed by atoms with Crippen LogP contribution in [-0.4, -0.2) is 65.5 Å². The van der Waals surface area contributed by atoms with E-state index in [1.54, 1.807) is 11.5 Å². The standard InChI is InChI=1S/C22H32N5S/c1-4-10-21-18(7-1)22(24-28-21)26-15-13-25(14-16-26)11-5-6-12-27-17-23-19-8-2-3-9-20(19)27/h1,4,7,10,17,19-20,23H,2-3,5-6,8-9,11-16H2. The van der Waals surface area contributed by atoms with Gasteiger partial charge in [0.1, 0.15) is 5.82 Å². The van der Waals surface area contributed by atoms with Crippen LogP contribution >= 0.6 is 11.5 Å². The maximum atomic E-state index is 4.73. The van der Waals surface area contributed by atoms with Gasteiger partial charge in [0.25, 0.3) is 0 Å². The van der Waals surface area contributed by atoms with Gasteiger partial charge < -0.3 is 4.90 Å². The second kappa shape index (κ2) is 8.66. The fourth-order valence-corrected chi connectivity index (χ4v) is 5.93. The number of piperazine rings is 1. The number of fused-ring (bicyclic) bond motifs is 2. The first-order valence-corrected chi connectivity index (χ1v) is 11.8. The van der Waals surface area contributed by atoms with E-state index in [9.17, 15) is 0 Å². The Labute approximate surface area is 172 Å². The molecule has 2 aromatic rings. The number of nitrogens with one attached hydrogen (secondary N) is 1. The van der Waals surface area contributed by atoms with Crippen LogP contribution in [0.5, 0.6) is 0 Å². The van der Waals surface area contributed by atoms with Gasteiger partial charge in [-0.05, 0) is 55.9 Å². The molecule has 3 aliphatic rings. The summed E-state index contributed by atoms with van der Waals surface area (Å²) in [5.41, 5.74) is 0. The largest absolute Gasteiger partial charge is 0.353 e. The lowest BCUT2D eigenvalue weighted by atomic mass is 9.91. The van der Waals surface area contributed by atoms with Gasteiger partial charge in [0.2, 0.25) is 0 Å². The summed E-state index contributed by atoms with van der Waals surface area (Å²) in [4.78, 5) is 7.71. The van der Waals surface area contributed by atoms with Crippen molar-refractivity contribution in [2.24, 2.45) is 0 Å². The van der Waals surface area contributed by atoms with Gasteiger partial charge in [-0.1, -0.05) is 25.0 Å². The lowest BCUT2D eigenvalue weighted by molar-refractivity contribution is 0.212. The molecule has 2 unspecified atom stereocenters. The Morgan fingerprint density at radius 3 is 2.75 bits per heavy atom. The zero-order valence-corrected chi connectivity index (χ0v) is 17.5. The number of rotatable bonds is 6. The normalized spacial score (nSPS) is 26.8. The van der Waals surface area contributed by atoms with Gasteiger partial charge in [0.05, 0.1) is 11.4 Å². The first-order chi connectivity index (χ1) is 13.9. The molecule has 1 N–H and O–H groups in total. The summed E-state index contributed by atoms with van der Waals surface area (Å²) >= 11 is 1.63. The molecule has 3 heterocycles. The number of anilines is 1. The number of unbranched alkanes of at least 4 members (excludes halogenated alkanes) is 1. The van der Waals surface area contributed by atoms with Crippen molar-refractivity contribution in [1.82, 2.24) is 19.5 Å². The van der Waals surface area contributed by atoms with Crippen LogP contribution in [0.15, 0.2) is 24.3 Å². The molecular weight excluding hydrogens is 366 g/mol.